The zero-order chi connectivity index (χ0) is 10.4. The molecule has 0 aromatic carbocycles. The minimum absolute atomic E-state index is 0.0432. The quantitative estimate of drug-likeness (QED) is 0.290. The molecule has 0 radical (unpaired) electrons. The number of hydrogen-bond acceptors (Lipinski definition) is 5. The van der Waals surface area contributed by atoms with E-state index < -0.39 is 0 Å². The van der Waals surface area contributed by atoms with Gasteiger partial charge < -0.3 is 10.3 Å². The fraction of sp³-hybridized carbons (Fsp3) is 0.250. The van der Waals surface area contributed by atoms with Crippen molar-refractivity contribution in [1.29, 1.82) is 0 Å². The average molecular weight is 277 g/mol. The topological polar surface area (TPSA) is 65.7 Å². The minimum Gasteiger partial charge on any atom is -0.410 e. The smallest absolute Gasteiger partial charge is 0.145 e. The van der Waals surface area contributed by atoms with E-state index in [1.54, 1.807) is 18.3 Å². The Balaban J connectivity index is 2.85. The van der Waals surface area contributed by atoms with Crippen molar-refractivity contribution in [1.82, 2.24) is 4.98 Å². The molecule has 1 aromatic heterocycles. The maximum atomic E-state index is 8.77. The summed E-state index contributed by atoms with van der Waals surface area (Å²) in [6.45, 7) is 0.0432. The molecule has 0 aliphatic rings. The van der Waals surface area contributed by atoms with Gasteiger partial charge in [-0.2, -0.15) is 0 Å². The first-order valence-corrected chi connectivity index (χ1v) is 5.64. The molecule has 0 fully saturated rings. The van der Waals surface area contributed by atoms with Crippen molar-refractivity contribution in [3.63, 3.8) is 0 Å². The summed E-state index contributed by atoms with van der Waals surface area (Å²) >= 11 is 4.52. The highest BCUT2D eigenvalue weighted by Crippen LogP contribution is 2.19. The monoisotopic (exact) mass is 276 g/mol. The minimum atomic E-state index is 0.0432. The third-order valence-electron chi connectivity index (χ3n) is 1.41. The molecule has 1 heterocycles. The third kappa shape index (κ3) is 2.97. The first-order valence-electron chi connectivity index (χ1n) is 3.86. The second-order valence-corrected chi connectivity index (χ2v) is 4.15. The summed E-state index contributed by atoms with van der Waals surface area (Å²) in [5.74, 6) is 0.487. The van der Waals surface area contributed by atoms with Crippen LogP contribution in [0, 0.1) is 0 Å². The van der Waals surface area contributed by atoms with E-state index in [0.717, 1.165) is 0 Å². The van der Waals surface area contributed by atoms with Gasteiger partial charge in [-0.15, -0.1) is 0 Å². The van der Waals surface area contributed by atoms with Crippen LogP contribution in [-0.2, 0) is 0 Å². The SMILES string of the molecule is OCCSC(=NO)c1cccnc1Br. The van der Waals surface area contributed by atoms with Crippen LogP contribution >= 0.6 is 27.7 Å². The van der Waals surface area contributed by atoms with Crippen molar-refractivity contribution in [2.45, 2.75) is 0 Å². The molecule has 1 aromatic rings. The lowest BCUT2D eigenvalue weighted by molar-refractivity contribution is 0.320. The Morgan fingerprint density at radius 3 is 3.00 bits per heavy atom. The predicted molar refractivity (Wildman–Crippen MR) is 59.8 cm³/mol. The molecule has 14 heavy (non-hydrogen) atoms. The van der Waals surface area contributed by atoms with Crippen LogP contribution in [0.3, 0.4) is 0 Å². The molecule has 0 aliphatic heterocycles. The van der Waals surface area contributed by atoms with Gasteiger partial charge in [-0.05, 0) is 28.1 Å². The highest BCUT2D eigenvalue weighted by atomic mass is 79.9. The van der Waals surface area contributed by atoms with Gasteiger partial charge in [-0.3, -0.25) is 0 Å². The molecular formula is C8H9BrN2O2S. The number of pyridine rings is 1. The second-order valence-electron chi connectivity index (χ2n) is 2.32. The van der Waals surface area contributed by atoms with E-state index >= 15 is 0 Å². The van der Waals surface area contributed by atoms with Gasteiger partial charge in [0.05, 0.1) is 6.61 Å². The van der Waals surface area contributed by atoms with E-state index in [4.69, 9.17) is 10.3 Å². The van der Waals surface area contributed by atoms with Crippen molar-refractivity contribution in [2.75, 3.05) is 12.4 Å². The van der Waals surface area contributed by atoms with Gasteiger partial charge in [0.25, 0.3) is 0 Å². The fourth-order valence-electron chi connectivity index (χ4n) is 0.848. The summed E-state index contributed by atoms with van der Waals surface area (Å²) < 4.78 is 0.623. The van der Waals surface area contributed by atoms with E-state index in [0.29, 0.717) is 21.0 Å². The number of oxime groups is 1. The Kier molecular flexibility index (Phi) is 4.92. The van der Waals surface area contributed by atoms with E-state index in [-0.39, 0.29) is 6.61 Å². The number of thioether (sulfide) groups is 1. The lowest BCUT2D eigenvalue weighted by Gasteiger charge is -2.03. The maximum Gasteiger partial charge on any atom is 0.145 e. The van der Waals surface area contributed by atoms with Crippen molar-refractivity contribution < 1.29 is 10.3 Å². The Hall–Kier alpha value is -0.590. The molecule has 0 amide bonds. The highest BCUT2D eigenvalue weighted by molar-refractivity contribution is 9.10. The number of halogens is 1. The summed E-state index contributed by atoms with van der Waals surface area (Å²) in [5, 5.41) is 21.0. The van der Waals surface area contributed by atoms with Crippen LogP contribution in [0.4, 0.5) is 0 Å². The number of hydrogen-bond donors (Lipinski definition) is 2. The maximum absolute atomic E-state index is 8.77. The van der Waals surface area contributed by atoms with Crippen molar-refractivity contribution in [3.05, 3.63) is 28.5 Å². The van der Waals surface area contributed by atoms with Crippen LogP contribution in [0.1, 0.15) is 5.56 Å². The molecule has 0 aliphatic carbocycles. The molecule has 1 rings (SSSR count). The van der Waals surface area contributed by atoms with Gasteiger partial charge >= 0.3 is 0 Å². The second kappa shape index (κ2) is 6.00. The van der Waals surface area contributed by atoms with E-state index in [1.165, 1.54) is 11.8 Å². The summed E-state index contributed by atoms with van der Waals surface area (Å²) in [4.78, 5) is 4.00. The summed E-state index contributed by atoms with van der Waals surface area (Å²) in [7, 11) is 0. The van der Waals surface area contributed by atoms with Crippen LogP contribution in [0.5, 0.6) is 0 Å². The highest BCUT2D eigenvalue weighted by Gasteiger charge is 2.09. The standard InChI is InChI=1S/C8H9BrN2O2S/c9-7-6(2-1-3-10-7)8(11-13)14-5-4-12/h1-3,12-13H,4-5H2. The summed E-state index contributed by atoms with van der Waals surface area (Å²) in [6, 6.07) is 3.54. The Bertz CT molecular complexity index is 333. The number of nitrogens with zero attached hydrogens (tertiary/aromatic N) is 2. The van der Waals surface area contributed by atoms with E-state index in [1.807, 2.05) is 0 Å². The van der Waals surface area contributed by atoms with Gasteiger partial charge in [0.2, 0.25) is 0 Å². The van der Waals surface area contributed by atoms with Crippen LogP contribution in [-0.4, -0.2) is 32.7 Å². The molecule has 0 saturated heterocycles. The molecule has 76 valence electrons. The Morgan fingerprint density at radius 1 is 1.64 bits per heavy atom. The van der Waals surface area contributed by atoms with Gasteiger partial charge in [0, 0.05) is 17.5 Å². The Labute approximate surface area is 94.2 Å². The van der Waals surface area contributed by atoms with Crippen molar-refractivity contribution in [3.8, 4) is 0 Å². The molecule has 0 bridgehead atoms. The zero-order valence-electron chi connectivity index (χ0n) is 7.22. The van der Waals surface area contributed by atoms with Crippen LogP contribution in [0.15, 0.2) is 28.1 Å². The normalized spacial score (nSPS) is 11.7. The lowest BCUT2D eigenvalue weighted by Crippen LogP contribution is -2.01. The number of aliphatic hydroxyl groups excluding tert-OH is 1. The molecular weight excluding hydrogens is 268 g/mol. The molecule has 0 spiro atoms. The van der Waals surface area contributed by atoms with Crippen molar-refractivity contribution >= 4 is 32.7 Å². The number of aliphatic hydroxyl groups is 1. The Morgan fingerprint density at radius 2 is 2.43 bits per heavy atom. The van der Waals surface area contributed by atoms with Gasteiger partial charge in [0.1, 0.15) is 9.65 Å². The predicted octanol–water partition coefficient (Wildman–Crippen LogP) is 1.71. The van der Waals surface area contributed by atoms with Gasteiger partial charge in [-0.25, -0.2) is 4.98 Å². The first kappa shape index (κ1) is 11.5. The molecule has 4 nitrogen and oxygen atoms in total. The summed E-state index contributed by atoms with van der Waals surface area (Å²) in [6.07, 6.45) is 1.64. The first-order chi connectivity index (χ1) is 6.79. The number of aromatic nitrogens is 1. The molecule has 2 N–H and O–H groups in total. The fourth-order valence-corrected chi connectivity index (χ4v) is 2.08. The van der Waals surface area contributed by atoms with Crippen LogP contribution in [0.25, 0.3) is 0 Å². The molecule has 0 unspecified atom stereocenters. The average Bonchev–Trinajstić information content (AvgIpc) is 2.21. The van der Waals surface area contributed by atoms with E-state index in [9.17, 15) is 0 Å². The number of rotatable bonds is 3. The molecule has 6 heteroatoms. The lowest BCUT2D eigenvalue weighted by atomic mass is 10.3. The summed E-state index contributed by atoms with van der Waals surface area (Å²) in [5.41, 5.74) is 0.716. The third-order valence-corrected chi connectivity index (χ3v) is 3.00. The van der Waals surface area contributed by atoms with Gasteiger partial charge in [-0.1, -0.05) is 16.9 Å². The van der Waals surface area contributed by atoms with Crippen LogP contribution in [0.2, 0.25) is 0 Å². The van der Waals surface area contributed by atoms with Crippen LogP contribution < -0.4 is 0 Å². The van der Waals surface area contributed by atoms with E-state index in [2.05, 4.69) is 26.1 Å². The van der Waals surface area contributed by atoms with Gasteiger partial charge in [0.15, 0.2) is 0 Å². The molecule has 0 atom stereocenters. The van der Waals surface area contributed by atoms with Crippen molar-refractivity contribution in [2.24, 2.45) is 5.16 Å². The zero-order valence-corrected chi connectivity index (χ0v) is 9.62. The largest absolute Gasteiger partial charge is 0.410 e. The molecule has 0 saturated carbocycles.